The third-order valence-corrected chi connectivity index (χ3v) is 7.28. The largest absolute Gasteiger partial charge is 0.460 e. The minimum Gasteiger partial charge on any atom is -0.460 e. The molecule has 1 unspecified atom stereocenters. The van der Waals surface area contributed by atoms with E-state index in [4.69, 9.17) is 9.47 Å². The van der Waals surface area contributed by atoms with Crippen molar-refractivity contribution in [2.75, 3.05) is 31.6 Å². The van der Waals surface area contributed by atoms with Crippen LogP contribution in [-0.4, -0.2) is 63.4 Å². The molecule has 2 aliphatic rings. The van der Waals surface area contributed by atoms with Crippen LogP contribution in [0.5, 0.6) is 6.01 Å². The van der Waals surface area contributed by atoms with Crippen LogP contribution in [0.4, 0.5) is 15.3 Å². The highest BCUT2D eigenvalue weighted by molar-refractivity contribution is 7.18. The van der Waals surface area contributed by atoms with Crippen molar-refractivity contribution in [3.8, 4) is 16.6 Å². The molecule has 3 aromatic heterocycles. The first-order valence-electron chi connectivity index (χ1n) is 11.8. The Balaban J connectivity index is 1.20. The number of piperidine rings is 1. The predicted octanol–water partition coefficient (Wildman–Crippen LogP) is 4.79. The summed E-state index contributed by atoms with van der Waals surface area (Å²) in [4.78, 5) is 21.1. The number of hydrogen-bond donors (Lipinski definition) is 1. The first kappa shape index (κ1) is 23.1. The van der Waals surface area contributed by atoms with E-state index in [1.807, 2.05) is 18.3 Å². The van der Waals surface area contributed by atoms with Crippen LogP contribution in [0.25, 0.3) is 10.6 Å². The molecule has 1 N–H and O–H groups in total. The Morgan fingerprint density at radius 2 is 1.91 bits per heavy atom. The lowest BCUT2D eigenvalue weighted by atomic mass is 10.0. The zero-order chi connectivity index (χ0) is 23.3. The summed E-state index contributed by atoms with van der Waals surface area (Å²) in [5.41, 5.74) is 1.90. The number of rotatable bonds is 7. The molecule has 2 fully saturated rings. The number of hydrogen-bond acceptors (Lipinski definition) is 9. The Morgan fingerprint density at radius 1 is 1.09 bits per heavy atom. The van der Waals surface area contributed by atoms with Crippen molar-refractivity contribution >= 4 is 22.3 Å². The lowest BCUT2D eigenvalue weighted by molar-refractivity contribution is 0.0217. The fraction of sp³-hybridized carbons (Fsp3) is 0.500. The van der Waals surface area contributed by atoms with E-state index < -0.39 is 6.17 Å². The van der Waals surface area contributed by atoms with Gasteiger partial charge in [-0.1, -0.05) is 17.4 Å². The highest BCUT2D eigenvalue weighted by Crippen LogP contribution is 2.31. The van der Waals surface area contributed by atoms with Gasteiger partial charge in [0.2, 0.25) is 0 Å². The number of anilines is 2. The Labute approximate surface area is 202 Å². The molecule has 0 aromatic carbocycles. The highest BCUT2D eigenvalue weighted by Gasteiger charge is 2.23. The summed E-state index contributed by atoms with van der Waals surface area (Å²) in [6.07, 6.45) is 7.73. The van der Waals surface area contributed by atoms with Crippen LogP contribution < -0.4 is 10.1 Å². The number of thiazole rings is 1. The maximum absolute atomic E-state index is 13.4. The molecule has 0 saturated carbocycles. The predicted molar refractivity (Wildman–Crippen MR) is 129 cm³/mol. The van der Waals surface area contributed by atoms with Gasteiger partial charge < -0.3 is 14.8 Å². The van der Waals surface area contributed by atoms with Crippen molar-refractivity contribution in [3.05, 3.63) is 42.4 Å². The Morgan fingerprint density at radius 3 is 2.68 bits per heavy atom. The van der Waals surface area contributed by atoms with Crippen LogP contribution in [0, 0.1) is 0 Å². The molecule has 180 valence electrons. The zero-order valence-corrected chi connectivity index (χ0v) is 20.0. The van der Waals surface area contributed by atoms with Gasteiger partial charge >= 0.3 is 6.01 Å². The van der Waals surface area contributed by atoms with Crippen molar-refractivity contribution in [2.45, 2.75) is 50.9 Å². The van der Waals surface area contributed by atoms with E-state index in [9.17, 15) is 4.39 Å². The summed E-state index contributed by atoms with van der Waals surface area (Å²) in [5.74, 6) is 0.727. The molecule has 0 radical (unpaired) electrons. The molecule has 34 heavy (non-hydrogen) atoms. The molecule has 1 atom stereocenters. The molecule has 3 aromatic rings. The third-order valence-electron chi connectivity index (χ3n) is 6.34. The number of halogens is 1. The lowest BCUT2D eigenvalue weighted by Gasteiger charge is -2.33. The fourth-order valence-electron chi connectivity index (χ4n) is 4.23. The smallest absolute Gasteiger partial charge is 0.317 e. The zero-order valence-electron chi connectivity index (χ0n) is 19.2. The molecule has 5 heterocycles. The normalized spacial score (nSPS) is 19.1. The number of pyridine rings is 1. The van der Waals surface area contributed by atoms with Crippen molar-refractivity contribution in [3.63, 3.8) is 0 Å². The van der Waals surface area contributed by atoms with E-state index in [0.29, 0.717) is 32.1 Å². The van der Waals surface area contributed by atoms with Gasteiger partial charge in [-0.3, -0.25) is 4.90 Å². The fourth-order valence-corrected chi connectivity index (χ4v) is 5.02. The van der Waals surface area contributed by atoms with E-state index in [1.165, 1.54) is 11.3 Å². The first-order valence-corrected chi connectivity index (χ1v) is 12.6. The van der Waals surface area contributed by atoms with Gasteiger partial charge in [0.25, 0.3) is 0 Å². The Kier molecular flexibility index (Phi) is 7.27. The third kappa shape index (κ3) is 5.68. The van der Waals surface area contributed by atoms with Crippen molar-refractivity contribution in [1.29, 1.82) is 0 Å². The number of likely N-dealkylation sites (tertiary alicyclic amines) is 1. The molecule has 5 rings (SSSR count). The molecule has 0 bridgehead atoms. The summed E-state index contributed by atoms with van der Waals surface area (Å²) in [7, 11) is 0. The van der Waals surface area contributed by atoms with Crippen LogP contribution in [-0.2, 0) is 4.74 Å². The summed E-state index contributed by atoms with van der Waals surface area (Å²) < 4.78 is 24.7. The summed E-state index contributed by atoms with van der Waals surface area (Å²) in [6.45, 7) is 5.14. The highest BCUT2D eigenvalue weighted by atomic mass is 32.1. The van der Waals surface area contributed by atoms with E-state index in [2.05, 4.69) is 43.1 Å². The molecule has 2 saturated heterocycles. The molecule has 0 spiro atoms. The number of aromatic nitrogens is 4. The van der Waals surface area contributed by atoms with Crippen LogP contribution in [0.3, 0.4) is 0 Å². The molecule has 0 amide bonds. The van der Waals surface area contributed by atoms with Crippen LogP contribution >= 0.6 is 11.3 Å². The minimum absolute atomic E-state index is 0.0926. The average Bonchev–Trinajstić information content (AvgIpc) is 3.34. The number of nitrogens with one attached hydrogen (secondary N) is 1. The summed E-state index contributed by atoms with van der Waals surface area (Å²) in [6, 6.07) is 6.49. The summed E-state index contributed by atoms with van der Waals surface area (Å²) in [5, 5.41) is 4.01. The van der Waals surface area contributed by atoms with Crippen molar-refractivity contribution < 1.29 is 13.9 Å². The van der Waals surface area contributed by atoms with E-state index in [1.54, 1.807) is 12.4 Å². The average molecular weight is 485 g/mol. The SMILES string of the molecule is CC(c1ccc(Nc2ncc(-c3ccnc(OC4CCOCC4)n3)s2)nc1)N1CCC(F)CC1. The first-order chi connectivity index (χ1) is 16.6. The van der Waals surface area contributed by atoms with Crippen LogP contribution in [0.1, 0.15) is 44.2 Å². The number of nitrogens with zero attached hydrogens (tertiary/aromatic N) is 5. The van der Waals surface area contributed by atoms with Gasteiger partial charge in [-0.05, 0) is 37.5 Å². The van der Waals surface area contributed by atoms with Gasteiger partial charge in [0.15, 0.2) is 5.13 Å². The van der Waals surface area contributed by atoms with Gasteiger partial charge in [-0.2, -0.15) is 4.98 Å². The van der Waals surface area contributed by atoms with E-state index >= 15 is 0 Å². The quantitative estimate of drug-likeness (QED) is 0.512. The molecule has 2 aliphatic heterocycles. The van der Waals surface area contributed by atoms with Crippen LogP contribution in [0.15, 0.2) is 36.8 Å². The lowest BCUT2D eigenvalue weighted by Crippen LogP contribution is -2.36. The van der Waals surface area contributed by atoms with Crippen LogP contribution in [0.2, 0.25) is 0 Å². The monoisotopic (exact) mass is 484 g/mol. The van der Waals surface area contributed by atoms with E-state index in [0.717, 1.165) is 53.0 Å². The number of alkyl halides is 1. The van der Waals surface area contributed by atoms with Crippen molar-refractivity contribution in [2.24, 2.45) is 0 Å². The van der Waals surface area contributed by atoms with Gasteiger partial charge in [0.05, 0.1) is 23.8 Å². The van der Waals surface area contributed by atoms with E-state index in [-0.39, 0.29) is 12.1 Å². The molecule has 8 nitrogen and oxygen atoms in total. The second kappa shape index (κ2) is 10.7. The molecule has 10 heteroatoms. The van der Waals surface area contributed by atoms with Gasteiger partial charge in [0, 0.05) is 50.6 Å². The standard InChI is InChI=1S/C24H29FN6O2S/c1-16(31-10-5-18(25)6-11-31)17-2-3-22(27-14-17)30-24-28-15-21(34-24)20-4-9-26-23(29-20)33-19-7-12-32-13-8-19/h2-4,9,14-16,18-19H,5-8,10-13H2,1H3,(H,27,28,30). The van der Waals surface area contributed by atoms with Crippen molar-refractivity contribution in [1.82, 2.24) is 24.8 Å². The maximum Gasteiger partial charge on any atom is 0.317 e. The Bertz CT molecular complexity index is 1070. The minimum atomic E-state index is -0.662. The van der Waals surface area contributed by atoms with Gasteiger partial charge in [0.1, 0.15) is 18.1 Å². The Hall–Kier alpha value is -2.69. The molecule has 0 aliphatic carbocycles. The van der Waals surface area contributed by atoms with Gasteiger partial charge in [-0.25, -0.2) is 19.3 Å². The molecular formula is C24H29FN6O2S. The molecular weight excluding hydrogens is 455 g/mol. The number of ether oxygens (including phenoxy) is 2. The van der Waals surface area contributed by atoms with Gasteiger partial charge in [-0.15, -0.1) is 0 Å². The maximum atomic E-state index is 13.4. The second-order valence-corrected chi connectivity index (χ2v) is 9.70. The summed E-state index contributed by atoms with van der Waals surface area (Å²) >= 11 is 1.50. The topological polar surface area (TPSA) is 85.3 Å². The second-order valence-electron chi connectivity index (χ2n) is 8.67.